The van der Waals surface area contributed by atoms with E-state index in [4.69, 9.17) is 4.74 Å². The fourth-order valence-corrected chi connectivity index (χ4v) is 4.53. The highest BCUT2D eigenvalue weighted by Gasteiger charge is 2.45. The summed E-state index contributed by atoms with van der Waals surface area (Å²) in [6.07, 6.45) is 0.986. The first-order valence-corrected chi connectivity index (χ1v) is 9.16. The zero-order chi connectivity index (χ0) is 14.3. The molecule has 2 atom stereocenters. The maximum Gasteiger partial charge on any atom is 0.254 e. The summed E-state index contributed by atoms with van der Waals surface area (Å²) in [5.74, 6) is -0.0577. The van der Waals surface area contributed by atoms with Gasteiger partial charge in [0.25, 0.3) is 5.91 Å². The van der Waals surface area contributed by atoms with Crippen LogP contribution in [0.25, 0.3) is 0 Å². The SMILES string of the molecule is CS(=O)(=O)N1CCOC2CN(C(=O)c3ccsc3)CC21. The van der Waals surface area contributed by atoms with Crippen LogP contribution < -0.4 is 0 Å². The number of carbonyl (C=O) groups excluding carboxylic acids is 1. The van der Waals surface area contributed by atoms with Crippen molar-refractivity contribution < 1.29 is 17.9 Å². The third-order valence-corrected chi connectivity index (χ3v) is 5.72. The average Bonchev–Trinajstić information content (AvgIpc) is 3.05. The summed E-state index contributed by atoms with van der Waals surface area (Å²) in [7, 11) is -3.27. The van der Waals surface area contributed by atoms with Crippen LogP contribution in [0.3, 0.4) is 0 Å². The van der Waals surface area contributed by atoms with Crippen LogP contribution >= 0.6 is 11.3 Å². The lowest BCUT2D eigenvalue weighted by atomic mass is 10.2. The van der Waals surface area contributed by atoms with Gasteiger partial charge in [-0.1, -0.05) is 0 Å². The molecule has 0 aromatic carbocycles. The molecule has 110 valence electrons. The summed E-state index contributed by atoms with van der Waals surface area (Å²) in [6.45, 7) is 1.59. The maximum atomic E-state index is 12.3. The summed E-state index contributed by atoms with van der Waals surface area (Å²) in [4.78, 5) is 14.0. The predicted molar refractivity (Wildman–Crippen MR) is 75.3 cm³/mol. The minimum Gasteiger partial charge on any atom is -0.373 e. The molecule has 2 aliphatic rings. The van der Waals surface area contributed by atoms with Gasteiger partial charge in [0.15, 0.2) is 0 Å². The normalized spacial score (nSPS) is 27.6. The van der Waals surface area contributed by atoms with Crippen LogP contribution in [0.1, 0.15) is 10.4 Å². The second-order valence-electron chi connectivity index (χ2n) is 5.07. The van der Waals surface area contributed by atoms with E-state index in [1.165, 1.54) is 21.9 Å². The molecule has 1 amide bonds. The van der Waals surface area contributed by atoms with Crippen molar-refractivity contribution >= 4 is 27.3 Å². The Labute approximate surface area is 122 Å². The summed E-state index contributed by atoms with van der Waals surface area (Å²) in [5.41, 5.74) is 0.652. The monoisotopic (exact) mass is 316 g/mol. The van der Waals surface area contributed by atoms with Gasteiger partial charge in [0.05, 0.1) is 30.6 Å². The molecule has 2 aliphatic heterocycles. The molecule has 2 unspecified atom stereocenters. The molecule has 0 spiro atoms. The van der Waals surface area contributed by atoms with Gasteiger partial charge in [-0.15, -0.1) is 0 Å². The molecule has 0 radical (unpaired) electrons. The molecule has 2 fully saturated rings. The Hall–Kier alpha value is -0.960. The second kappa shape index (κ2) is 5.10. The first-order chi connectivity index (χ1) is 9.47. The molecule has 20 heavy (non-hydrogen) atoms. The van der Waals surface area contributed by atoms with Crippen molar-refractivity contribution in [3.63, 3.8) is 0 Å². The average molecular weight is 316 g/mol. The first kappa shape index (κ1) is 14.0. The van der Waals surface area contributed by atoms with Crippen molar-refractivity contribution in [3.05, 3.63) is 22.4 Å². The van der Waals surface area contributed by atoms with Crippen molar-refractivity contribution in [2.75, 3.05) is 32.5 Å². The van der Waals surface area contributed by atoms with E-state index in [1.807, 2.05) is 5.38 Å². The number of hydrogen-bond donors (Lipinski definition) is 0. The predicted octanol–water partition coefficient (Wildman–Crippen LogP) is 0.233. The molecule has 1 aromatic heterocycles. The molecule has 3 rings (SSSR count). The van der Waals surface area contributed by atoms with Gasteiger partial charge < -0.3 is 9.64 Å². The Morgan fingerprint density at radius 1 is 1.45 bits per heavy atom. The van der Waals surface area contributed by atoms with Gasteiger partial charge in [-0.2, -0.15) is 15.6 Å². The lowest BCUT2D eigenvalue weighted by molar-refractivity contribution is -0.0157. The molecular weight excluding hydrogens is 300 g/mol. The van der Waals surface area contributed by atoms with E-state index in [-0.39, 0.29) is 18.1 Å². The van der Waals surface area contributed by atoms with E-state index in [2.05, 4.69) is 0 Å². The Kier molecular flexibility index (Phi) is 3.57. The second-order valence-corrected chi connectivity index (χ2v) is 7.79. The summed E-state index contributed by atoms with van der Waals surface area (Å²) >= 11 is 1.47. The van der Waals surface area contributed by atoms with Crippen LogP contribution in [0, 0.1) is 0 Å². The van der Waals surface area contributed by atoms with E-state index in [0.29, 0.717) is 31.8 Å². The smallest absolute Gasteiger partial charge is 0.254 e. The molecule has 0 N–H and O–H groups in total. The molecule has 1 aromatic rings. The number of sulfonamides is 1. The Morgan fingerprint density at radius 2 is 2.25 bits per heavy atom. The number of amides is 1. The molecule has 0 saturated carbocycles. The summed E-state index contributed by atoms with van der Waals surface area (Å²) < 4.78 is 30.7. The molecule has 2 saturated heterocycles. The zero-order valence-corrected chi connectivity index (χ0v) is 12.7. The first-order valence-electron chi connectivity index (χ1n) is 6.37. The van der Waals surface area contributed by atoms with Gasteiger partial charge in [-0.05, 0) is 11.4 Å². The quantitative estimate of drug-likeness (QED) is 0.783. The standard InChI is InChI=1S/C12H16N2O4S2/c1-20(16,17)14-3-4-18-11-7-13(6-10(11)14)12(15)9-2-5-19-8-9/h2,5,8,10-11H,3-4,6-7H2,1H3. The topological polar surface area (TPSA) is 66.9 Å². The largest absolute Gasteiger partial charge is 0.373 e. The molecule has 0 bridgehead atoms. The zero-order valence-electron chi connectivity index (χ0n) is 11.1. The van der Waals surface area contributed by atoms with Crippen molar-refractivity contribution in [3.8, 4) is 0 Å². The van der Waals surface area contributed by atoms with Crippen molar-refractivity contribution in [2.24, 2.45) is 0 Å². The minimum absolute atomic E-state index is 0.0577. The number of hydrogen-bond acceptors (Lipinski definition) is 5. The highest BCUT2D eigenvalue weighted by molar-refractivity contribution is 7.88. The lowest BCUT2D eigenvalue weighted by Gasteiger charge is -2.34. The molecule has 6 nitrogen and oxygen atoms in total. The van der Waals surface area contributed by atoms with Crippen molar-refractivity contribution in [1.29, 1.82) is 0 Å². The molecule has 3 heterocycles. The van der Waals surface area contributed by atoms with E-state index in [0.717, 1.165) is 0 Å². The number of rotatable bonds is 2. The molecular formula is C12H16N2O4S2. The fourth-order valence-electron chi connectivity index (χ4n) is 2.80. The highest BCUT2D eigenvalue weighted by atomic mass is 32.2. The Balaban J connectivity index is 1.79. The number of ether oxygens (including phenoxy) is 1. The fraction of sp³-hybridized carbons (Fsp3) is 0.583. The van der Waals surface area contributed by atoms with Crippen LogP contribution in [0.2, 0.25) is 0 Å². The van der Waals surface area contributed by atoms with E-state index < -0.39 is 10.0 Å². The number of carbonyl (C=O) groups is 1. The number of fused-ring (bicyclic) bond motifs is 1. The third-order valence-electron chi connectivity index (χ3n) is 3.73. The van der Waals surface area contributed by atoms with Crippen LogP contribution in [-0.2, 0) is 14.8 Å². The van der Waals surface area contributed by atoms with E-state index in [9.17, 15) is 13.2 Å². The van der Waals surface area contributed by atoms with Crippen LogP contribution in [0.4, 0.5) is 0 Å². The van der Waals surface area contributed by atoms with Crippen LogP contribution in [-0.4, -0.2) is 68.2 Å². The van der Waals surface area contributed by atoms with Crippen molar-refractivity contribution in [2.45, 2.75) is 12.1 Å². The van der Waals surface area contributed by atoms with Gasteiger partial charge in [0.2, 0.25) is 10.0 Å². The van der Waals surface area contributed by atoms with E-state index in [1.54, 1.807) is 16.3 Å². The number of thiophene rings is 1. The van der Waals surface area contributed by atoms with Crippen LogP contribution in [0.15, 0.2) is 16.8 Å². The minimum atomic E-state index is -3.27. The van der Waals surface area contributed by atoms with Crippen LogP contribution in [0.5, 0.6) is 0 Å². The van der Waals surface area contributed by atoms with Gasteiger partial charge >= 0.3 is 0 Å². The number of likely N-dealkylation sites (tertiary alicyclic amines) is 1. The third kappa shape index (κ3) is 2.48. The number of morpholine rings is 1. The van der Waals surface area contributed by atoms with Gasteiger partial charge in [-0.3, -0.25) is 4.79 Å². The summed E-state index contributed by atoms with van der Waals surface area (Å²) in [6, 6.07) is 1.52. The lowest BCUT2D eigenvalue weighted by Crippen LogP contribution is -2.52. The van der Waals surface area contributed by atoms with Gasteiger partial charge in [0, 0.05) is 25.0 Å². The Morgan fingerprint density at radius 3 is 2.90 bits per heavy atom. The number of nitrogens with zero attached hydrogens (tertiary/aromatic N) is 2. The Bertz CT molecular complexity index is 599. The molecule has 8 heteroatoms. The van der Waals surface area contributed by atoms with E-state index >= 15 is 0 Å². The maximum absolute atomic E-state index is 12.3. The van der Waals surface area contributed by atoms with Gasteiger partial charge in [-0.25, -0.2) is 8.42 Å². The van der Waals surface area contributed by atoms with Gasteiger partial charge in [0.1, 0.15) is 0 Å². The summed E-state index contributed by atoms with van der Waals surface area (Å²) in [5, 5.41) is 3.66. The molecule has 0 aliphatic carbocycles. The van der Waals surface area contributed by atoms with Crippen molar-refractivity contribution in [1.82, 2.24) is 9.21 Å². The highest BCUT2D eigenvalue weighted by Crippen LogP contribution is 2.26.